The van der Waals surface area contributed by atoms with Gasteiger partial charge in [-0.25, -0.2) is 0 Å². The van der Waals surface area contributed by atoms with Crippen molar-refractivity contribution in [3.63, 3.8) is 0 Å². The van der Waals surface area contributed by atoms with Gasteiger partial charge in [0.05, 0.1) is 0 Å². The third kappa shape index (κ3) is 8.15. The van der Waals surface area contributed by atoms with Crippen molar-refractivity contribution in [2.45, 2.75) is 39.0 Å². The summed E-state index contributed by atoms with van der Waals surface area (Å²) < 4.78 is 0. The summed E-state index contributed by atoms with van der Waals surface area (Å²) in [4.78, 5) is 0. The van der Waals surface area contributed by atoms with Gasteiger partial charge in [-0.05, 0) is 18.8 Å². The second kappa shape index (κ2) is 8.35. The van der Waals surface area contributed by atoms with Gasteiger partial charge in [0.2, 0.25) is 0 Å². The predicted octanol–water partition coefficient (Wildman–Crippen LogP) is 2.80. The summed E-state index contributed by atoms with van der Waals surface area (Å²) in [5.41, 5.74) is 0. The topological polar surface area (TPSA) is 20.2 Å². The summed E-state index contributed by atoms with van der Waals surface area (Å²) in [6.45, 7) is 2.41. The first-order valence-corrected chi connectivity index (χ1v) is 5.01. The fourth-order valence-corrected chi connectivity index (χ4v) is 1.22. The Morgan fingerprint density at radius 1 is 1.18 bits per heavy atom. The Morgan fingerprint density at radius 3 is 2.36 bits per heavy atom. The molecule has 1 atom stereocenters. The SMILES string of the molecule is CC(CO)CCCCCCCl. The highest BCUT2D eigenvalue weighted by Crippen LogP contribution is 2.09. The van der Waals surface area contributed by atoms with E-state index in [-0.39, 0.29) is 0 Å². The van der Waals surface area contributed by atoms with Crippen molar-refractivity contribution in [1.82, 2.24) is 0 Å². The minimum absolute atomic E-state index is 0.329. The molecule has 0 aliphatic heterocycles. The third-order valence-corrected chi connectivity index (χ3v) is 2.16. The summed E-state index contributed by atoms with van der Waals surface area (Å²) in [5.74, 6) is 1.27. The number of aliphatic hydroxyl groups excluding tert-OH is 1. The zero-order valence-corrected chi connectivity index (χ0v) is 8.11. The van der Waals surface area contributed by atoms with Gasteiger partial charge < -0.3 is 5.11 Å². The normalized spacial score (nSPS) is 13.4. The van der Waals surface area contributed by atoms with E-state index < -0.39 is 0 Å². The zero-order chi connectivity index (χ0) is 8.53. The molecule has 11 heavy (non-hydrogen) atoms. The van der Waals surface area contributed by atoms with Crippen LogP contribution in [-0.4, -0.2) is 17.6 Å². The molecule has 2 heteroatoms. The first-order valence-electron chi connectivity index (χ1n) is 4.48. The molecular formula is C9H19ClO. The van der Waals surface area contributed by atoms with Gasteiger partial charge in [0.25, 0.3) is 0 Å². The maximum Gasteiger partial charge on any atom is 0.0456 e. The first kappa shape index (κ1) is 11.2. The quantitative estimate of drug-likeness (QED) is 0.470. The van der Waals surface area contributed by atoms with E-state index in [0.29, 0.717) is 12.5 Å². The number of alkyl halides is 1. The van der Waals surface area contributed by atoms with Gasteiger partial charge >= 0.3 is 0 Å². The summed E-state index contributed by atoms with van der Waals surface area (Å²) in [6, 6.07) is 0. The molecule has 0 spiro atoms. The minimum Gasteiger partial charge on any atom is -0.396 e. The van der Waals surface area contributed by atoms with Crippen LogP contribution in [0.2, 0.25) is 0 Å². The van der Waals surface area contributed by atoms with Crippen molar-refractivity contribution in [3.8, 4) is 0 Å². The molecule has 0 radical (unpaired) electrons. The van der Waals surface area contributed by atoms with Crippen LogP contribution in [0.25, 0.3) is 0 Å². The molecule has 0 aromatic carbocycles. The Balaban J connectivity index is 2.89. The Kier molecular flexibility index (Phi) is 8.54. The molecule has 0 fully saturated rings. The first-order chi connectivity index (χ1) is 5.31. The highest BCUT2D eigenvalue weighted by Gasteiger charge is 1.98. The summed E-state index contributed by atoms with van der Waals surface area (Å²) in [5, 5.41) is 8.72. The summed E-state index contributed by atoms with van der Waals surface area (Å²) in [7, 11) is 0. The molecule has 0 bridgehead atoms. The minimum atomic E-state index is 0.329. The zero-order valence-electron chi connectivity index (χ0n) is 7.35. The number of halogens is 1. The third-order valence-electron chi connectivity index (χ3n) is 1.89. The van der Waals surface area contributed by atoms with Crippen LogP contribution in [0.15, 0.2) is 0 Å². The van der Waals surface area contributed by atoms with Gasteiger partial charge in [-0.1, -0.05) is 26.2 Å². The van der Waals surface area contributed by atoms with Crippen molar-refractivity contribution in [2.24, 2.45) is 5.92 Å². The Morgan fingerprint density at radius 2 is 1.82 bits per heavy atom. The van der Waals surface area contributed by atoms with Gasteiger partial charge in [0.15, 0.2) is 0 Å². The lowest BCUT2D eigenvalue weighted by molar-refractivity contribution is 0.227. The lowest BCUT2D eigenvalue weighted by atomic mass is 10.0. The van der Waals surface area contributed by atoms with E-state index in [9.17, 15) is 0 Å². The number of rotatable bonds is 7. The molecular weight excluding hydrogens is 160 g/mol. The molecule has 0 heterocycles. The van der Waals surface area contributed by atoms with E-state index in [4.69, 9.17) is 16.7 Å². The van der Waals surface area contributed by atoms with Gasteiger partial charge in [-0.15, -0.1) is 11.6 Å². The maximum atomic E-state index is 8.72. The second-order valence-electron chi connectivity index (χ2n) is 3.18. The van der Waals surface area contributed by atoms with Gasteiger partial charge in [0.1, 0.15) is 0 Å². The molecule has 1 N–H and O–H groups in total. The van der Waals surface area contributed by atoms with E-state index in [0.717, 1.165) is 18.7 Å². The molecule has 68 valence electrons. The van der Waals surface area contributed by atoms with Crippen molar-refractivity contribution in [1.29, 1.82) is 0 Å². The van der Waals surface area contributed by atoms with Gasteiger partial charge in [-0.2, -0.15) is 0 Å². The lowest BCUT2D eigenvalue weighted by Gasteiger charge is -2.05. The van der Waals surface area contributed by atoms with Crippen molar-refractivity contribution < 1.29 is 5.11 Å². The van der Waals surface area contributed by atoms with E-state index in [1.54, 1.807) is 0 Å². The molecule has 0 saturated carbocycles. The molecule has 0 amide bonds. The number of aliphatic hydroxyl groups is 1. The van der Waals surface area contributed by atoms with Crippen LogP contribution in [0.3, 0.4) is 0 Å². The molecule has 0 aromatic rings. The average Bonchev–Trinajstić information content (AvgIpc) is 2.04. The van der Waals surface area contributed by atoms with E-state index in [2.05, 4.69) is 6.92 Å². The standard InChI is InChI=1S/C9H19ClO/c1-9(8-11)6-4-2-3-5-7-10/h9,11H,2-8H2,1H3. The number of unbranched alkanes of at least 4 members (excludes halogenated alkanes) is 3. The van der Waals surface area contributed by atoms with Crippen molar-refractivity contribution in [3.05, 3.63) is 0 Å². The molecule has 0 aliphatic carbocycles. The van der Waals surface area contributed by atoms with Crippen LogP contribution in [0.4, 0.5) is 0 Å². The highest BCUT2D eigenvalue weighted by molar-refractivity contribution is 6.17. The van der Waals surface area contributed by atoms with Crippen molar-refractivity contribution in [2.75, 3.05) is 12.5 Å². The maximum absolute atomic E-state index is 8.72. The summed E-state index contributed by atoms with van der Waals surface area (Å²) in [6.07, 6.45) is 6.02. The molecule has 1 nitrogen and oxygen atoms in total. The summed E-state index contributed by atoms with van der Waals surface area (Å²) >= 11 is 5.53. The molecule has 0 aromatic heterocycles. The average molecular weight is 179 g/mol. The van der Waals surface area contributed by atoms with Gasteiger partial charge in [0, 0.05) is 12.5 Å². The second-order valence-corrected chi connectivity index (χ2v) is 3.56. The van der Waals surface area contributed by atoms with E-state index in [1.807, 2.05) is 0 Å². The smallest absolute Gasteiger partial charge is 0.0456 e. The predicted molar refractivity (Wildman–Crippen MR) is 50.1 cm³/mol. The Labute approximate surface area is 74.8 Å². The highest BCUT2D eigenvalue weighted by atomic mass is 35.5. The largest absolute Gasteiger partial charge is 0.396 e. The lowest BCUT2D eigenvalue weighted by Crippen LogP contribution is -1.99. The Bertz CT molecular complexity index is 76.0. The monoisotopic (exact) mass is 178 g/mol. The molecule has 0 rings (SSSR count). The number of hydrogen-bond acceptors (Lipinski definition) is 1. The van der Waals surface area contributed by atoms with Crippen LogP contribution in [0.1, 0.15) is 39.0 Å². The number of hydrogen-bond donors (Lipinski definition) is 1. The van der Waals surface area contributed by atoms with Crippen LogP contribution in [0, 0.1) is 5.92 Å². The van der Waals surface area contributed by atoms with Gasteiger partial charge in [-0.3, -0.25) is 0 Å². The van der Waals surface area contributed by atoms with Crippen LogP contribution in [-0.2, 0) is 0 Å². The molecule has 1 unspecified atom stereocenters. The van der Waals surface area contributed by atoms with Crippen molar-refractivity contribution >= 4 is 11.6 Å². The van der Waals surface area contributed by atoms with E-state index in [1.165, 1.54) is 19.3 Å². The van der Waals surface area contributed by atoms with E-state index >= 15 is 0 Å². The van der Waals surface area contributed by atoms with Crippen LogP contribution in [0.5, 0.6) is 0 Å². The van der Waals surface area contributed by atoms with Crippen LogP contribution < -0.4 is 0 Å². The molecule has 0 saturated heterocycles. The fourth-order valence-electron chi connectivity index (χ4n) is 1.03. The molecule has 0 aliphatic rings. The fraction of sp³-hybridized carbons (Fsp3) is 1.00. The van der Waals surface area contributed by atoms with Crippen LogP contribution >= 0.6 is 11.6 Å². The Hall–Kier alpha value is 0.250.